The van der Waals surface area contributed by atoms with Gasteiger partial charge in [-0.1, -0.05) is 39.0 Å². The Morgan fingerprint density at radius 3 is 2.38 bits per heavy atom. The summed E-state index contributed by atoms with van der Waals surface area (Å²) in [5.74, 6) is 1.17. The van der Waals surface area contributed by atoms with Gasteiger partial charge < -0.3 is 20.0 Å². The fourth-order valence-corrected chi connectivity index (χ4v) is 3.93. The quantitative estimate of drug-likeness (QED) is 0.657. The van der Waals surface area contributed by atoms with Gasteiger partial charge in [-0.3, -0.25) is 4.79 Å². The number of nitrogens with zero attached hydrogens (tertiary/aromatic N) is 4. The number of rotatable bonds is 3. The standard InChI is InChI=1S/C25H30N4O3/c1-16-9-10-17-19(15-16)26-22(18-7-5-6-8-20(18)30)27-23(17)28-11-13-29(14-12-28)24(32)21(31)25(2,3)4/h5-10,15,21,30-31H,11-14H2,1-4H3/t21-/m0/s1. The lowest BCUT2D eigenvalue weighted by Crippen LogP contribution is -2.53. The number of anilines is 1. The number of aliphatic hydroxyl groups is 1. The molecule has 0 aliphatic carbocycles. The third kappa shape index (κ3) is 4.25. The number of hydrogen-bond donors (Lipinski definition) is 2. The summed E-state index contributed by atoms with van der Waals surface area (Å²) in [4.78, 5) is 26.1. The zero-order valence-electron chi connectivity index (χ0n) is 19.0. The molecule has 2 heterocycles. The summed E-state index contributed by atoms with van der Waals surface area (Å²) < 4.78 is 0. The Balaban J connectivity index is 1.66. The maximum absolute atomic E-state index is 12.7. The van der Waals surface area contributed by atoms with E-state index in [0.717, 1.165) is 22.3 Å². The SMILES string of the molecule is Cc1ccc2c(N3CCN(C(=O)[C@H](O)C(C)(C)C)CC3)nc(-c3ccccc3O)nc2c1. The molecule has 1 aliphatic heterocycles. The highest BCUT2D eigenvalue weighted by molar-refractivity contribution is 5.92. The summed E-state index contributed by atoms with van der Waals surface area (Å²) in [5, 5.41) is 21.7. The van der Waals surface area contributed by atoms with Crippen LogP contribution in [-0.2, 0) is 4.79 Å². The number of fused-ring (bicyclic) bond motifs is 1. The van der Waals surface area contributed by atoms with Gasteiger partial charge in [-0.05, 0) is 42.2 Å². The van der Waals surface area contributed by atoms with Gasteiger partial charge in [0.25, 0.3) is 5.91 Å². The van der Waals surface area contributed by atoms with E-state index < -0.39 is 11.5 Å². The Labute approximate surface area is 188 Å². The van der Waals surface area contributed by atoms with Crippen molar-refractivity contribution in [1.82, 2.24) is 14.9 Å². The largest absolute Gasteiger partial charge is 0.507 e. The first-order valence-electron chi connectivity index (χ1n) is 10.9. The summed E-state index contributed by atoms with van der Waals surface area (Å²) in [7, 11) is 0. The van der Waals surface area contributed by atoms with Crippen LogP contribution in [0.1, 0.15) is 26.3 Å². The Kier molecular flexibility index (Phi) is 5.77. The van der Waals surface area contributed by atoms with Crippen LogP contribution in [0, 0.1) is 12.3 Å². The molecule has 1 amide bonds. The van der Waals surface area contributed by atoms with Crippen molar-refractivity contribution < 1.29 is 15.0 Å². The first-order valence-corrected chi connectivity index (χ1v) is 10.9. The van der Waals surface area contributed by atoms with Gasteiger partial charge >= 0.3 is 0 Å². The second kappa shape index (κ2) is 8.39. The van der Waals surface area contributed by atoms with Crippen LogP contribution in [0.4, 0.5) is 5.82 Å². The van der Waals surface area contributed by atoms with Crippen LogP contribution in [0.3, 0.4) is 0 Å². The molecule has 1 atom stereocenters. The molecule has 3 aromatic rings. The Morgan fingerprint density at radius 1 is 1.03 bits per heavy atom. The molecule has 0 radical (unpaired) electrons. The molecule has 1 aliphatic rings. The molecule has 32 heavy (non-hydrogen) atoms. The van der Waals surface area contributed by atoms with Gasteiger partial charge in [-0.15, -0.1) is 0 Å². The third-order valence-corrected chi connectivity index (χ3v) is 5.92. The molecular weight excluding hydrogens is 404 g/mol. The van der Waals surface area contributed by atoms with Crippen molar-refractivity contribution >= 4 is 22.6 Å². The van der Waals surface area contributed by atoms with E-state index in [9.17, 15) is 15.0 Å². The minimum Gasteiger partial charge on any atom is -0.507 e. The number of phenolic OH excluding ortho intramolecular Hbond substituents is 1. The van der Waals surface area contributed by atoms with Crippen molar-refractivity contribution in [2.24, 2.45) is 5.41 Å². The fraction of sp³-hybridized carbons (Fsp3) is 0.400. The number of benzene rings is 2. The number of carbonyl (C=O) groups is 1. The lowest BCUT2D eigenvalue weighted by molar-refractivity contribution is -0.146. The van der Waals surface area contributed by atoms with Crippen LogP contribution in [0.25, 0.3) is 22.3 Å². The highest BCUT2D eigenvalue weighted by Crippen LogP contribution is 2.32. The molecule has 168 valence electrons. The van der Waals surface area contributed by atoms with E-state index in [4.69, 9.17) is 9.97 Å². The van der Waals surface area contributed by atoms with Gasteiger partial charge in [-0.2, -0.15) is 0 Å². The first kappa shape index (κ1) is 22.0. The third-order valence-electron chi connectivity index (χ3n) is 5.92. The molecule has 4 rings (SSSR count). The maximum Gasteiger partial charge on any atom is 0.252 e. The number of aromatic nitrogens is 2. The van der Waals surface area contributed by atoms with Crippen LogP contribution in [0.5, 0.6) is 5.75 Å². The molecule has 7 nitrogen and oxygen atoms in total. The number of para-hydroxylation sites is 1. The number of aliphatic hydroxyl groups excluding tert-OH is 1. The van der Waals surface area contributed by atoms with E-state index in [2.05, 4.69) is 4.90 Å². The van der Waals surface area contributed by atoms with Gasteiger partial charge in [0, 0.05) is 31.6 Å². The van der Waals surface area contributed by atoms with E-state index in [1.807, 2.05) is 52.0 Å². The second-order valence-electron chi connectivity index (χ2n) is 9.49. The van der Waals surface area contributed by atoms with E-state index in [0.29, 0.717) is 37.6 Å². The molecule has 0 spiro atoms. The molecule has 0 unspecified atom stereocenters. The van der Waals surface area contributed by atoms with Crippen molar-refractivity contribution in [1.29, 1.82) is 0 Å². The lowest BCUT2D eigenvalue weighted by Gasteiger charge is -2.38. The normalized spacial score (nSPS) is 15.8. The lowest BCUT2D eigenvalue weighted by atomic mass is 9.88. The highest BCUT2D eigenvalue weighted by Gasteiger charge is 2.34. The average Bonchev–Trinajstić information content (AvgIpc) is 2.77. The Hall–Kier alpha value is -3.19. The van der Waals surface area contributed by atoms with Crippen molar-refractivity contribution in [3.63, 3.8) is 0 Å². The molecule has 0 saturated carbocycles. The van der Waals surface area contributed by atoms with Crippen molar-refractivity contribution in [2.75, 3.05) is 31.1 Å². The van der Waals surface area contributed by atoms with Crippen molar-refractivity contribution in [2.45, 2.75) is 33.8 Å². The molecule has 1 aromatic heterocycles. The maximum atomic E-state index is 12.7. The smallest absolute Gasteiger partial charge is 0.252 e. The van der Waals surface area contributed by atoms with E-state index in [1.54, 1.807) is 23.1 Å². The summed E-state index contributed by atoms with van der Waals surface area (Å²) in [5.41, 5.74) is 1.99. The topological polar surface area (TPSA) is 89.8 Å². The molecule has 7 heteroatoms. The number of phenols is 1. The van der Waals surface area contributed by atoms with E-state index >= 15 is 0 Å². The van der Waals surface area contributed by atoms with Crippen LogP contribution in [0.2, 0.25) is 0 Å². The predicted molar refractivity (Wildman–Crippen MR) is 126 cm³/mol. The minimum absolute atomic E-state index is 0.136. The predicted octanol–water partition coefficient (Wildman–Crippen LogP) is 3.37. The second-order valence-corrected chi connectivity index (χ2v) is 9.49. The fourth-order valence-electron chi connectivity index (χ4n) is 3.93. The molecule has 2 N–H and O–H groups in total. The first-order chi connectivity index (χ1) is 15.1. The van der Waals surface area contributed by atoms with Gasteiger partial charge in [0.1, 0.15) is 17.7 Å². The van der Waals surface area contributed by atoms with Crippen LogP contribution in [0.15, 0.2) is 42.5 Å². The zero-order chi connectivity index (χ0) is 23.0. The van der Waals surface area contributed by atoms with Gasteiger partial charge in [0.05, 0.1) is 11.1 Å². The van der Waals surface area contributed by atoms with Crippen molar-refractivity contribution in [3.05, 3.63) is 48.0 Å². The number of hydrogen-bond acceptors (Lipinski definition) is 6. The van der Waals surface area contributed by atoms with Gasteiger partial charge in [0.15, 0.2) is 5.82 Å². The summed E-state index contributed by atoms with van der Waals surface area (Å²) in [6.07, 6.45) is -1.02. The molecule has 1 saturated heterocycles. The van der Waals surface area contributed by atoms with Crippen LogP contribution >= 0.6 is 0 Å². The minimum atomic E-state index is -1.02. The van der Waals surface area contributed by atoms with Crippen LogP contribution in [-0.4, -0.2) is 63.3 Å². The zero-order valence-corrected chi connectivity index (χ0v) is 19.0. The number of piperazine rings is 1. The number of carbonyl (C=O) groups excluding carboxylic acids is 1. The summed E-state index contributed by atoms with van der Waals surface area (Å²) in [6, 6.07) is 13.1. The summed E-state index contributed by atoms with van der Waals surface area (Å²) >= 11 is 0. The molecule has 0 bridgehead atoms. The van der Waals surface area contributed by atoms with Gasteiger partial charge in [0.2, 0.25) is 0 Å². The Bertz CT molecular complexity index is 1150. The molecule has 1 fully saturated rings. The van der Waals surface area contributed by atoms with Crippen molar-refractivity contribution in [3.8, 4) is 17.1 Å². The molecular formula is C25H30N4O3. The van der Waals surface area contributed by atoms with Gasteiger partial charge in [-0.25, -0.2) is 9.97 Å². The number of aromatic hydroxyl groups is 1. The monoisotopic (exact) mass is 434 g/mol. The van der Waals surface area contributed by atoms with Crippen LogP contribution < -0.4 is 4.90 Å². The summed E-state index contributed by atoms with van der Waals surface area (Å²) in [6.45, 7) is 9.83. The highest BCUT2D eigenvalue weighted by atomic mass is 16.3. The number of aryl methyl sites for hydroxylation is 1. The molecule has 2 aromatic carbocycles. The average molecular weight is 435 g/mol. The number of amides is 1. The van der Waals surface area contributed by atoms with E-state index in [1.165, 1.54) is 0 Å². The Morgan fingerprint density at radius 2 is 1.72 bits per heavy atom. The van der Waals surface area contributed by atoms with E-state index in [-0.39, 0.29) is 11.7 Å².